The third kappa shape index (κ3) is 2.45. The van der Waals surface area contributed by atoms with Gasteiger partial charge in [-0.05, 0) is 39.3 Å². The zero-order valence-electron chi connectivity index (χ0n) is 19.6. The lowest BCUT2D eigenvalue weighted by atomic mass is 9.59. The molecule has 1 amide bonds. The summed E-state index contributed by atoms with van der Waals surface area (Å²) in [6, 6.07) is -1.56. The maximum atomic E-state index is 16.0. The van der Waals surface area contributed by atoms with Crippen molar-refractivity contribution in [1.82, 2.24) is 4.90 Å². The number of nitrogens with zero attached hydrogens (tertiary/aromatic N) is 1. The number of aromatic hydroxyl groups is 1. The molecule has 2 fully saturated rings. The van der Waals surface area contributed by atoms with Gasteiger partial charge in [0.15, 0.2) is 5.60 Å². The number of primary amides is 1. The smallest absolute Gasteiger partial charge is 0.253 e. The minimum absolute atomic E-state index is 0.0296. The first kappa shape index (κ1) is 23.2. The molecule has 1 aromatic rings. The molecule has 9 N–H and O–H groups in total. The Morgan fingerprint density at radius 1 is 1.28 bits per heavy atom. The molecule has 12 heteroatoms. The molecule has 0 aromatic heterocycles. The van der Waals surface area contributed by atoms with Crippen LogP contribution in [0.25, 0.3) is 5.76 Å². The number of fused-ring (bicyclic) bond motifs is 3. The van der Waals surface area contributed by atoms with Gasteiger partial charge in [0.1, 0.15) is 28.7 Å². The molecule has 3 aliphatic carbocycles. The minimum Gasteiger partial charge on any atom is -0.510 e. The van der Waals surface area contributed by atoms with Gasteiger partial charge in [-0.3, -0.25) is 9.59 Å². The molecule has 1 unspecified atom stereocenters. The number of phenols is 1. The topological polar surface area (TPSA) is 195 Å². The van der Waals surface area contributed by atoms with Crippen molar-refractivity contribution in [2.45, 2.75) is 42.7 Å². The van der Waals surface area contributed by atoms with Crippen molar-refractivity contribution in [2.24, 2.45) is 23.3 Å². The standard InChI is InChI=1S/C24H27FN4O7/c1-29(2)10-3-4-28-17-13(10)15(25)8-5-7-6-9-16(26)20(32)14(22(27)34)24(35)23(9,36-24)21(33)11(7)18(30)12(8)19(17)31/h7,9-10,16,28,30-32,35H,3-6,26H2,1-2H3,(H2,27,34)/t7-,9-,10?,16-,23-,24+/m0/s1. The van der Waals surface area contributed by atoms with E-state index < -0.39 is 63.9 Å². The monoisotopic (exact) mass is 502 g/mol. The van der Waals surface area contributed by atoms with Crippen molar-refractivity contribution in [3.63, 3.8) is 0 Å². The van der Waals surface area contributed by atoms with Crippen LogP contribution in [0.4, 0.5) is 10.1 Å². The van der Waals surface area contributed by atoms with E-state index in [4.69, 9.17) is 16.2 Å². The van der Waals surface area contributed by atoms with E-state index in [0.717, 1.165) is 0 Å². The highest BCUT2D eigenvalue weighted by atomic mass is 19.1. The van der Waals surface area contributed by atoms with Gasteiger partial charge in [-0.1, -0.05) is 0 Å². The van der Waals surface area contributed by atoms with Crippen molar-refractivity contribution in [3.8, 4) is 5.75 Å². The van der Waals surface area contributed by atoms with E-state index in [9.17, 15) is 30.0 Å². The van der Waals surface area contributed by atoms with Crippen molar-refractivity contribution in [2.75, 3.05) is 26.0 Å². The number of ether oxygens (including phenoxy) is 1. The molecule has 0 radical (unpaired) electrons. The van der Waals surface area contributed by atoms with Crippen LogP contribution in [0.2, 0.25) is 0 Å². The number of anilines is 1. The Hall–Kier alpha value is -3.19. The van der Waals surface area contributed by atoms with Crippen LogP contribution in [0.1, 0.15) is 35.6 Å². The van der Waals surface area contributed by atoms with Crippen LogP contribution in [-0.4, -0.2) is 75.1 Å². The molecule has 36 heavy (non-hydrogen) atoms. The average Bonchev–Trinajstić information content (AvgIpc) is 3.44. The normalized spacial score (nSPS) is 36.4. The maximum absolute atomic E-state index is 16.0. The summed E-state index contributed by atoms with van der Waals surface area (Å²) in [5.74, 6) is -8.46. The van der Waals surface area contributed by atoms with E-state index >= 15 is 4.39 Å². The second kappa shape index (κ2) is 6.97. The van der Waals surface area contributed by atoms with Crippen LogP contribution in [0.15, 0.2) is 16.9 Å². The van der Waals surface area contributed by atoms with Crippen molar-refractivity contribution >= 4 is 23.1 Å². The molecule has 5 aliphatic rings. The molecule has 2 aliphatic heterocycles. The molecule has 192 valence electrons. The lowest BCUT2D eigenvalue weighted by Crippen LogP contribution is -2.59. The van der Waals surface area contributed by atoms with Gasteiger partial charge < -0.3 is 46.8 Å². The quantitative estimate of drug-likeness (QED) is 0.215. The number of halogens is 1. The van der Waals surface area contributed by atoms with Crippen LogP contribution < -0.4 is 16.8 Å². The van der Waals surface area contributed by atoms with E-state index in [1.165, 1.54) is 0 Å². The first-order chi connectivity index (χ1) is 16.9. The van der Waals surface area contributed by atoms with Gasteiger partial charge in [-0.2, -0.15) is 0 Å². The van der Waals surface area contributed by atoms with E-state index in [0.29, 0.717) is 18.5 Å². The summed E-state index contributed by atoms with van der Waals surface area (Å²) >= 11 is 0. The van der Waals surface area contributed by atoms with Gasteiger partial charge in [0, 0.05) is 35.2 Å². The Morgan fingerprint density at radius 3 is 2.61 bits per heavy atom. The Kier molecular flexibility index (Phi) is 4.50. The molecular weight excluding hydrogens is 475 g/mol. The lowest BCUT2D eigenvalue weighted by molar-refractivity contribution is -0.126. The van der Waals surface area contributed by atoms with E-state index in [-0.39, 0.29) is 47.0 Å². The van der Waals surface area contributed by atoms with E-state index in [2.05, 4.69) is 5.32 Å². The fraction of sp³-hybridized carbons (Fsp3) is 0.500. The number of phenolic OH excluding ortho intramolecular Hbond substituents is 1. The van der Waals surface area contributed by atoms with E-state index in [1.807, 2.05) is 19.0 Å². The fourth-order valence-electron chi connectivity index (χ4n) is 6.92. The predicted octanol–water partition coefficient (Wildman–Crippen LogP) is 0.0759. The number of carbonyl (C=O) groups is 2. The second-order valence-corrected chi connectivity index (χ2v) is 10.5. The first-order valence-corrected chi connectivity index (χ1v) is 11.8. The number of hydrogen-bond donors (Lipinski definition) is 7. The number of ketones is 1. The van der Waals surface area contributed by atoms with Crippen molar-refractivity contribution < 1.29 is 39.1 Å². The number of rotatable bonds is 2. The van der Waals surface area contributed by atoms with Crippen LogP contribution in [0.5, 0.6) is 5.75 Å². The maximum Gasteiger partial charge on any atom is 0.253 e. The molecule has 6 atom stereocenters. The van der Waals surface area contributed by atoms with Crippen LogP contribution >= 0.6 is 0 Å². The molecule has 1 saturated carbocycles. The Morgan fingerprint density at radius 2 is 1.97 bits per heavy atom. The zero-order chi connectivity index (χ0) is 26.1. The van der Waals surface area contributed by atoms with Crippen LogP contribution in [-0.2, 0) is 20.7 Å². The Bertz CT molecular complexity index is 1340. The number of epoxide rings is 1. The van der Waals surface area contributed by atoms with Gasteiger partial charge in [0.2, 0.25) is 11.6 Å². The molecule has 6 rings (SSSR count). The largest absolute Gasteiger partial charge is 0.510 e. The minimum atomic E-state index is -2.50. The number of hydrogen-bond acceptors (Lipinski definition) is 10. The number of aliphatic hydroxyl groups excluding tert-OH is 2. The molecular formula is C24H27FN4O7. The molecule has 11 nitrogen and oxygen atoms in total. The number of carbonyl (C=O) groups excluding carboxylic acids is 2. The van der Waals surface area contributed by atoms with Gasteiger partial charge in [0.05, 0.1) is 17.3 Å². The zero-order valence-corrected chi connectivity index (χ0v) is 19.6. The highest BCUT2D eigenvalue weighted by molar-refractivity contribution is 6.14. The summed E-state index contributed by atoms with van der Waals surface area (Å²) in [5, 5.41) is 47.0. The molecule has 1 saturated heterocycles. The van der Waals surface area contributed by atoms with Gasteiger partial charge >= 0.3 is 0 Å². The highest BCUT2D eigenvalue weighted by Gasteiger charge is 2.85. The molecule has 2 heterocycles. The number of amides is 1. The van der Waals surface area contributed by atoms with E-state index in [1.54, 1.807) is 0 Å². The third-order valence-corrected chi connectivity index (χ3v) is 8.58. The number of nitrogens with two attached hydrogens (primary N) is 2. The summed E-state index contributed by atoms with van der Waals surface area (Å²) < 4.78 is 21.5. The fourth-order valence-corrected chi connectivity index (χ4v) is 6.92. The number of nitrogens with one attached hydrogen (secondary N) is 1. The number of aliphatic hydroxyl groups is 3. The second-order valence-electron chi connectivity index (χ2n) is 10.5. The van der Waals surface area contributed by atoms with Gasteiger partial charge in [-0.15, -0.1) is 0 Å². The first-order valence-electron chi connectivity index (χ1n) is 11.8. The molecule has 1 aromatic carbocycles. The van der Waals surface area contributed by atoms with Crippen molar-refractivity contribution in [3.05, 3.63) is 39.4 Å². The van der Waals surface area contributed by atoms with Gasteiger partial charge in [-0.25, -0.2) is 4.39 Å². The lowest BCUT2D eigenvalue weighted by Gasteiger charge is -2.43. The van der Waals surface area contributed by atoms with Gasteiger partial charge in [0.25, 0.3) is 5.91 Å². The summed E-state index contributed by atoms with van der Waals surface area (Å²) in [6.45, 7) is 0.468. The SMILES string of the molecule is CN(C)C1CCNc2c(O)c3c(c(F)c21)C[C@H]1C[C@H]2[C@H](N)C(O)=C(C(N)=O)[C@@]4(O)O[C@]24C(=O)C1=C3O. The summed E-state index contributed by atoms with van der Waals surface area (Å²) in [5.41, 5.74) is 8.96. The third-order valence-electron chi connectivity index (χ3n) is 8.58. The number of benzene rings is 1. The Balaban J connectivity index is 1.54. The number of Topliss-reactive ketones (excluding diaryl/α,β-unsaturated/α-hetero) is 1. The van der Waals surface area contributed by atoms with Crippen molar-refractivity contribution in [1.29, 1.82) is 0 Å². The summed E-state index contributed by atoms with van der Waals surface area (Å²) in [6.07, 6.45) is 0.613. The Labute approximate surface area is 204 Å². The predicted molar refractivity (Wildman–Crippen MR) is 123 cm³/mol. The summed E-state index contributed by atoms with van der Waals surface area (Å²) in [7, 11) is 3.62. The molecule has 1 spiro atoms. The summed E-state index contributed by atoms with van der Waals surface area (Å²) in [4.78, 5) is 27.7. The highest BCUT2D eigenvalue weighted by Crippen LogP contribution is 2.66. The average molecular weight is 502 g/mol. The van der Waals surface area contributed by atoms with Crippen LogP contribution in [0, 0.1) is 17.7 Å². The van der Waals surface area contributed by atoms with Crippen LogP contribution in [0.3, 0.4) is 0 Å². The molecule has 0 bridgehead atoms.